The van der Waals surface area contributed by atoms with Crippen molar-refractivity contribution in [2.45, 2.75) is 70.0 Å². The summed E-state index contributed by atoms with van der Waals surface area (Å²) in [4.78, 5) is 77.4. The highest BCUT2D eigenvalue weighted by Gasteiger charge is 2.54. The first kappa shape index (κ1) is 48.1. The lowest BCUT2D eigenvalue weighted by Gasteiger charge is -2.33. The lowest BCUT2D eigenvalue weighted by molar-refractivity contribution is -0.129. The van der Waals surface area contributed by atoms with E-state index >= 15 is 8.78 Å². The van der Waals surface area contributed by atoms with Gasteiger partial charge in [-0.25, -0.2) is 32.9 Å². The van der Waals surface area contributed by atoms with Crippen LogP contribution in [0.15, 0.2) is 128 Å². The summed E-state index contributed by atoms with van der Waals surface area (Å²) in [6, 6.07) is 31.8. The van der Waals surface area contributed by atoms with E-state index in [1.165, 1.54) is 59.3 Å². The van der Waals surface area contributed by atoms with Gasteiger partial charge in [0.2, 0.25) is 11.9 Å². The van der Waals surface area contributed by atoms with Gasteiger partial charge in [-0.3, -0.25) is 4.79 Å². The number of nitrogens with zero attached hydrogens (tertiary/aromatic N) is 4. The van der Waals surface area contributed by atoms with Crippen LogP contribution in [0.4, 0.5) is 14.7 Å². The van der Waals surface area contributed by atoms with E-state index in [0.29, 0.717) is 3.57 Å². The lowest BCUT2D eigenvalue weighted by Crippen LogP contribution is -2.51. The van der Waals surface area contributed by atoms with Crippen LogP contribution < -0.4 is 4.90 Å². The molecule has 0 radical (unpaired) electrons. The second kappa shape index (κ2) is 20.5. The van der Waals surface area contributed by atoms with E-state index in [2.05, 4.69) is 9.97 Å². The van der Waals surface area contributed by atoms with Crippen LogP contribution in [0, 0.1) is 8.99 Å². The van der Waals surface area contributed by atoms with Crippen LogP contribution in [0.2, 0.25) is 5.15 Å². The molecule has 352 valence electrons. The van der Waals surface area contributed by atoms with E-state index < -0.39 is 104 Å². The number of halogens is 4. The van der Waals surface area contributed by atoms with Crippen molar-refractivity contribution in [2.24, 2.45) is 5.41 Å². The summed E-state index contributed by atoms with van der Waals surface area (Å²) < 4.78 is 71.0. The monoisotopic (exact) mass is 1060 g/mol. The maximum Gasteiger partial charge on any atom is 0.338 e. The predicted molar refractivity (Wildman–Crippen MR) is 249 cm³/mol. The van der Waals surface area contributed by atoms with Gasteiger partial charge in [0, 0.05) is 15.2 Å². The molecule has 0 unspecified atom stereocenters. The van der Waals surface area contributed by atoms with Gasteiger partial charge in [-0.05, 0) is 71.1 Å². The van der Waals surface area contributed by atoms with Crippen molar-refractivity contribution >= 4 is 81.0 Å². The van der Waals surface area contributed by atoms with Crippen molar-refractivity contribution in [3.8, 4) is 0 Å². The minimum Gasteiger partial charge on any atom is -0.459 e. The van der Waals surface area contributed by atoms with E-state index in [0.717, 1.165) is 4.90 Å². The van der Waals surface area contributed by atoms with E-state index in [1.54, 1.807) is 93.6 Å². The van der Waals surface area contributed by atoms with Crippen LogP contribution in [-0.2, 0) is 33.2 Å². The van der Waals surface area contributed by atoms with Gasteiger partial charge in [-0.15, -0.1) is 0 Å². The maximum atomic E-state index is 17.3. The third kappa shape index (κ3) is 10.2. The highest BCUT2D eigenvalue weighted by atomic mass is 127. The van der Waals surface area contributed by atoms with Crippen LogP contribution in [0.5, 0.6) is 0 Å². The summed E-state index contributed by atoms with van der Waals surface area (Å²) in [7, 11) is 0. The molecule has 4 heterocycles. The quantitative estimate of drug-likeness (QED) is 0.0466. The van der Waals surface area contributed by atoms with Gasteiger partial charge in [0.25, 0.3) is 0 Å². The van der Waals surface area contributed by atoms with Gasteiger partial charge in [-0.2, -0.15) is 9.97 Å². The Morgan fingerprint density at radius 2 is 1.09 bits per heavy atom. The second-order valence-electron chi connectivity index (χ2n) is 16.7. The first-order chi connectivity index (χ1) is 32.6. The zero-order valence-corrected chi connectivity index (χ0v) is 39.4. The first-order valence-electron chi connectivity index (χ1n) is 21.2. The Balaban J connectivity index is 1.15. The lowest BCUT2D eigenvalue weighted by atomic mass is 9.94. The minimum absolute atomic E-state index is 0.0902. The summed E-state index contributed by atoms with van der Waals surface area (Å²) >= 11 is 8.80. The maximum absolute atomic E-state index is 17.3. The molecular formula is C49H42ClF2IN4O11. The molecule has 0 bridgehead atoms. The highest BCUT2D eigenvalue weighted by molar-refractivity contribution is 14.1. The molecule has 15 nitrogen and oxygen atoms in total. The smallest absolute Gasteiger partial charge is 0.338 e. The number of esters is 4. The molecule has 0 saturated carbocycles. The number of carbonyl (C=O) groups excluding carboxylic acids is 5. The Labute approximate surface area is 406 Å². The van der Waals surface area contributed by atoms with E-state index in [-0.39, 0.29) is 38.4 Å². The molecule has 2 fully saturated rings. The Hall–Kier alpha value is -6.35. The van der Waals surface area contributed by atoms with Crippen LogP contribution in [0.25, 0.3) is 11.0 Å². The van der Waals surface area contributed by atoms with Crippen molar-refractivity contribution in [2.75, 3.05) is 18.1 Å². The molecule has 0 aliphatic carbocycles. The molecule has 0 N–H and O–H groups in total. The third-order valence-corrected chi connectivity index (χ3v) is 12.1. The van der Waals surface area contributed by atoms with E-state index in [9.17, 15) is 24.0 Å². The van der Waals surface area contributed by atoms with Gasteiger partial charge in [0.15, 0.2) is 37.0 Å². The van der Waals surface area contributed by atoms with Crippen LogP contribution >= 0.6 is 34.2 Å². The van der Waals surface area contributed by atoms with Gasteiger partial charge in [0.05, 0.1) is 27.6 Å². The number of hydrogen-bond acceptors (Lipinski definition) is 13. The topological polar surface area (TPSA) is 175 Å². The fourth-order valence-electron chi connectivity index (χ4n) is 7.57. The van der Waals surface area contributed by atoms with Gasteiger partial charge < -0.3 is 33.0 Å². The van der Waals surface area contributed by atoms with E-state index in [1.807, 2.05) is 22.6 Å². The van der Waals surface area contributed by atoms with Crippen molar-refractivity contribution in [1.29, 1.82) is 0 Å². The average molecular weight is 1060 g/mol. The molecular weight excluding hydrogens is 1020 g/mol. The molecule has 0 spiro atoms. The van der Waals surface area contributed by atoms with Crippen molar-refractivity contribution in [1.82, 2.24) is 14.5 Å². The number of rotatable bonds is 13. The number of benzene rings is 4. The normalized spacial score (nSPS) is 22.3. The highest BCUT2D eigenvalue weighted by Crippen LogP contribution is 2.41. The summed E-state index contributed by atoms with van der Waals surface area (Å²) in [5, 5.41) is -0.0428. The fourth-order valence-corrected chi connectivity index (χ4v) is 8.79. The summed E-state index contributed by atoms with van der Waals surface area (Å²) in [6.45, 7) is 3.54. The Morgan fingerprint density at radius 3 is 1.54 bits per heavy atom. The molecule has 1 amide bonds. The number of carbonyl (C=O) groups is 5. The van der Waals surface area contributed by atoms with Crippen LogP contribution in [0.1, 0.15) is 68.4 Å². The van der Waals surface area contributed by atoms with Gasteiger partial charge in [0.1, 0.15) is 36.2 Å². The predicted octanol–water partition coefficient (Wildman–Crippen LogP) is 8.53. The van der Waals surface area contributed by atoms with Gasteiger partial charge in [-0.1, -0.05) is 105 Å². The summed E-state index contributed by atoms with van der Waals surface area (Å²) in [6.07, 6.45) is -12.6. The average Bonchev–Trinajstić information content (AvgIpc) is 3.96. The third-order valence-electron chi connectivity index (χ3n) is 11.0. The molecule has 2 aromatic heterocycles. The molecule has 2 aliphatic heterocycles. The molecule has 8 rings (SSSR count). The van der Waals surface area contributed by atoms with Crippen LogP contribution in [-0.4, -0.2) is 101 Å². The number of ether oxygens (including phenoxy) is 6. The molecule has 2 saturated heterocycles. The standard InChI is InChI=1S/C49H42ClF2IN4O11/c1-49(2,3)47(62)57(42-36(52)38(68-46(61)30-22-14-7-15-23-30)33(66-42)26-64-44(59)28-18-10-5-11-19-28)48-54-39(50)34-31(53)24-56(40(34)55-48)41-35(51)37(67-45(60)29-20-12-6-13-21-29)32(65-41)25-63-43(58)27-16-8-4-9-17-27/h4-24,32-33,35-38,41-42H,25-26H2,1-3H3/t32-,33-,35+,36+,37-,38-,41-,42-/m1/s1. The number of alkyl halides is 2. The number of amides is 1. The molecule has 2 aliphatic rings. The Morgan fingerprint density at radius 1 is 0.662 bits per heavy atom. The zero-order chi connectivity index (χ0) is 48.3. The second-order valence-corrected chi connectivity index (χ2v) is 18.3. The Bertz CT molecular complexity index is 2810. The van der Waals surface area contributed by atoms with Crippen molar-refractivity contribution in [3.05, 3.63) is 159 Å². The summed E-state index contributed by atoms with van der Waals surface area (Å²) in [5.74, 6) is -4.54. The van der Waals surface area contributed by atoms with Crippen LogP contribution in [0.3, 0.4) is 0 Å². The fraction of sp³-hybridized carbons (Fsp3) is 0.286. The number of anilines is 1. The molecule has 4 aromatic carbocycles. The van der Waals surface area contributed by atoms with Gasteiger partial charge >= 0.3 is 23.9 Å². The van der Waals surface area contributed by atoms with Crippen molar-refractivity contribution < 1.29 is 61.2 Å². The van der Waals surface area contributed by atoms with Crippen molar-refractivity contribution in [3.63, 3.8) is 0 Å². The molecule has 6 aromatic rings. The molecule has 19 heteroatoms. The number of hydrogen-bond donors (Lipinski definition) is 0. The Kier molecular flexibility index (Phi) is 14.5. The minimum atomic E-state index is -2.30. The number of aromatic nitrogens is 3. The largest absolute Gasteiger partial charge is 0.459 e. The molecule has 68 heavy (non-hydrogen) atoms. The van der Waals surface area contributed by atoms with E-state index in [4.69, 9.17) is 40.0 Å². The first-order valence-corrected chi connectivity index (χ1v) is 22.7. The molecule has 8 atom stereocenters. The SMILES string of the molecule is CC(C)(C)C(=O)N(c1nc(Cl)c2c(I)cn([C@@H]3O[C@H](COC(=O)c4ccccc4)[C@@H](OC(=O)c4ccccc4)[C@@H]3F)c2n1)[C@@H]1O[C@H](COC(=O)c2ccccc2)[C@@H](OC(=O)c2ccccc2)[C@@H]1F. The number of fused-ring (bicyclic) bond motifs is 1. The zero-order valence-electron chi connectivity index (χ0n) is 36.4. The summed E-state index contributed by atoms with van der Waals surface area (Å²) in [5.41, 5.74) is -0.721.